The maximum Gasteiger partial charge on any atom is 0.101 e. The van der Waals surface area contributed by atoms with E-state index in [1.54, 1.807) is 0 Å². The molecule has 0 bridgehead atoms. The van der Waals surface area contributed by atoms with Crippen molar-refractivity contribution in [3.05, 3.63) is 64.7 Å². The van der Waals surface area contributed by atoms with Gasteiger partial charge in [-0.3, -0.25) is 0 Å². The number of nitriles is 1. The van der Waals surface area contributed by atoms with Crippen molar-refractivity contribution < 1.29 is 5.11 Å². The molecule has 2 aromatic rings. The molecule has 96 valence electrons. The SMILES string of the molecule is Cc1ccc(NCc2ccc(CO)cc2)c(C#N)c1. The average Bonchev–Trinajstić information content (AvgIpc) is 2.46. The smallest absolute Gasteiger partial charge is 0.101 e. The van der Waals surface area contributed by atoms with E-state index in [1.807, 2.05) is 49.4 Å². The van der Waals surface area contributed by atoms with Crippen LogP contribution in [0, 0.1) is 18.3 Å². The molecular weight excluding hydrogens is 236 g/mol. The Labute approximate surface area is 113 Å². The van der Waals surface area contributed by atoms with E-state index < -0.39 is 0 Å². The van der Waals surface area contributed by atoms with Crippen LogP contribution in [-0.2, 0) is 13.2 Å². The minimum atomic E-state index is 0.0598. The van der Waals surface area contributed by atoms with Crippen molar-refractivity contribution in [1.29, 1.82) is 5.26 Å². The van der Waals surface area contributed by atoms with Gasteiger partial charge in [-0.1, -0.05) is 30.3 Å². The quantitative estimate of drug-likeness (QED) is 0.879. The summed E-state index contributed by atoms with van der Waals surface area (Å²) >= 11 is 0. The maximum absolute atomic E-state index is 9.09. The van der Waals surface area contributed by atoms with Gasteiger partial charge in [0.15, 0.2) is 0 Å². The van der Waals surface area contributed by atoms with Crippen molar-refractivity contribution in [2.24, 2.45) is 0 Å². The minimum absolute atomic E-state index is 0.0598. The summed E-state index contributed by atoms with van der Waals surface area (Å²) in [7, 11) is 0. The molecule has 0 spiro atoms. The van der Waals surface area contributed by atoms with Crippen LogP contribution in [0.4, 0.5) is 5.69 Å². The van der Waals surface area contributed by atoms with Gasteiger partial charge in [0.05, 0.1) is 17.9 Å². The Morgan fingerprint density at radius 1 is 1.11 bits per heavy atom. The largest absolute Gasteiger partial charge is 0.392 e. The van der Waals surface area contributed by atoms with E-state index in [0.29, 0.717) is 12.1 Å². The molecule has 0 aliphatic rings. The summed E-state index contributed by atoms with van der Waals surface area (Å²) in [5.41, 5.74) is 4.60. The standard InChI is InChI=1S/C16H16N2O/c1-12-2-7-16(15(8-12)9-17)18-10-13-3-5-14(11-19)6-4-13/h2-8,18-19H,10-11H2,1H3. The number of hydrogen-bond acceptors (Lipinski definition) is 3. The number of anilines is 1. The van der Waals surface area contributed by atoms with Gasteiger partial charge in [0.25, 0.3) is 0 Å². The fourth-order valence-corrected chi connectivity index (χ4v) is 1.86. The van der Waals surface area contributed by atoms with Crippen LogP contribution in [0.1, 0.15) is 22.3 Å². The lowest BCUT2D eigenvalue weighted by atomic mass is 10.1. The average molecular weight is 252 g/mol. The summed E-state index contributed by atoms with van der Waals surface area (Å²) in [4.78, 5) is 0. The second kappa shape index (κ2) is 6.03. The van der Waals surface area contributed by atoms with E-state index >= 15 is 0 Å². The molecule has 3 nitrogen and oxygen atoms in total. The lowest BCUT2D eigenvalue weighted by Crippen LogP contribution is -2.01. The van der Waals surface area contributed by atoms with Crippen molar-refractivity contribution in [3.8, 4) is 6.07 Å². The number of nitrogens with zero attached hydrogens (tertiary/aromatic N) is 1. The molecule has 2 rings (SSSR count). The molecule has 2 aromatic carbocycles. The van der Waals surface area contributed by atoms with Gasteiger partial charge >= 0.3 is 0 Å². The van der Waals surface area contributed by atoms with Gasteiger partial charge in [-0.2, -0.15) is 5.26 Å². The molecule has 0 saturated heterocycles. The molecule has 3 heteroatoms. The molecular formula is C16H16N2O. The van der Waals surface area contributed by atoms with Gasteiger partial charge in [-0.05, 0) is 35.7 Å². The summed E-state index contributed by atoms with van der Waals surface area (Å²) in [6.45, 7) is 2.69. The molecule has 0 heterocycles. The highest BCUT2D eigenvalue weighted by Gasteiger charge is 2.02. The summed E-state index contributed by atoms with van der Waals surface area (Å²) in [6.07, 6.45) is 0. The minimum Gasteiger partial charge on any atom is -0.392 e. The second-order valence-corrected chi connectivity index (χ2v) is 4.49. The van der Waals surface area contributed by atoms with Crippen LogP contribution in [0.3, 0.4) is 0 Å². The van der Waals surface area contributed by atoms with Crippen molar-refractivity contribution in [2.45, 2.75) is 20.1 Å². The summed E-state index contributed by atoms with van der Waals surface area (Å²) in [6, 6.07) is 15.7. The maximum atomic E-state index is 9.09. The third-order valence-corrected chi connectivity index (χ3v) is 2.98. The topological polar surface area (TPSA) is 56.0 Å². The van der Waals surface area contributed by atoms with E-state index in [0.717, 1.165) is 22.4 Å². The summed E-state index contributed by atoms with van der Waals surface area (Å²) in [5.74, 6) is 0. The van der Waals surface area contributed by atoms with Gasteiger partial charge in [0.1, 0.15) is 6.07 Å². The Morgan fingerprint density at radius 2 is 1.79 bits per heavy atom. The Balaban J connectivity index is 2.08. The first kappa shape index (κ1) is 13.1. The Kier molecular flexibility index (Phi) is 4.17. The molecule has 19 heavy (non-hydrogen) atoms. The number of aliphatic hydroxyl groups excluding tert-OH is 1. The highest BCUT2D eigenvalue weighted by atomic mass is 16.3. The number of aliphatic hydroxyl groups is 1. The molecule has 0 aromatic heterocycles. The van der Waals surface area contributed by atoms with Crippen LogP contribution in [-0.4, -0.2) is 5.11 Å². The molecule has 0 unspecified atom stereocenters. The first-order valence-electron chi connectivity index (χ1n) is 6.16. The Bertz CT molecular complexity index is 597. The predicted molar refractivity (Wildman–Crippen MR) is 75.6 cm³/mol. The first-order valence-corrected chi connectivity index (χ1v) is 6.16. The van der Waals surface area contributed by atoms with Gasteiger partial charge in [-0.25, -0.2) is 0 Å². The second-order valence-electron chi connectivity index (χ2n) is 4.49. The number of benzene rings is 2. The molecule has 0 atom stereocenters. The zero-order valence-corrected chi connectivity index (χ0v) is 10.9. The van der Waals surface area contributed by atoms with Crippen LogP contribution < -0.4 is 5.32 Å². The van der Waals surface area contributed by atoms with Crippen molar-refractivity contribution in [2.75, 3.05) is 5.32 Å². The predicted octanol–water partition coefficient (Wildman–Crippen LogP) is 2.97. The first-order chi connectivity index (χ1) is 9.22. The zero-order valence-electron chi connectivity index (χ0n) is 10.9. The summed E-state index contributed by atoms with van der Waals surface area (Å²) < 4.78 is 0. The molecule has 0 amide bonds. The van der Waals surface area contributed by atoms with E-state index in [-0.39, 0.29) is 6.61 Å². The van der Waals surface area contributed by atoms with Crippen LogP contribution in [0.15, 0.2) is 42.5 Å². The Hall–Kier alpha value is -2.31. The molecule has 0 aliphatic heterocycles. The monoisotopic (exact) mass is 252 g/mol. The van der Waals surface area contributed by atoms with E-state index in [1.165, 1.54) is 0 Å². The molecule has 0 aliphatic carbocycles. The molecule has 0 saturated carbocycles. The van der Waals surface area contributed by atoms with Gasteiger partial charge < -0.3 is 10.4 Å². The van der Waals surface area contributed by atoms with Gasteiger partial charge in [0, 0.05) is 6.54 Å². The van der Waals surface area contributed by atoms with E-state index in [2.05, 4.69) is 11.4 Å². The lowest BCUT2D eigenvalue weighted by molar-refractivity contribution is 0.282. The lowest BCUT2D eigenvalue weighted by Gasteiger charge is -2.09. The van der Waals surface area contributed by atoms with Crippen molar-refractivity contribution in [1.82, 2.24) is 0 Å². The number of hydrogen-bond donors (Lipinski definition) is 2. The highest BCUT2D eigenvalue weighted by Crippen LogP contribution is 2.17. The van der Waals surface area contributed by atoms with E-state index in [4.69, 9.17) is 10.4 Å². The number of aryl methyl sites for hydroxylation is 1. The van der Waals surface area contributed by atoms with Crippen molar-refractivity contribution >= 4 is 5.69 Å². The van der Waals surface area contributed by atoms with Crippen LogP contribution in [0.2, 0.25) is 0 Å². The highest BCUT2D eigenvalue weighted by molar-refractivity contribution is 5.58. The fraction of sp³-hybridized carbons (Fsp3) is 0.188. The molecule has 0 fully saturated rings. The van der Waals surface area contributed by atoms with Gasteiger partial charge in [0.2, 0.25) is 0 Å². The van der Waals surface area contributed by atoms with E-state index in [9.17, 15) is 0 Å². The van der Waals surface area contributed by atoms with Crippen molar-refractivity contribution in [3.63, 3.8) is 0 Å². The third-order valence-electron chi connectivity index (χ3n) is 2.98. The normalized spacial score (nSPS) is 9.95. The summed E-state index contributed by atoms with van der Waals surface area (Å²) in [5, 5.41) is 21.3. The number of nitrogens with one attached hydrogen (secondary N) is 1. The molecule has 0 radical (unpaired) electrons. The van der Waals surface area contributed by atoms with Crippen LogP contribution in [0.25, 0.3) is 0 Å². The third kappa shape index (κ3) is 3.34. The fourth-order valence-electron chi connectivity index (χ4n) is 1.86. The Morgan fingerprint density at radius 3 is 2.42 bits per heavy atom. The zero-order chi connectivity index (χ0) is 13.7. The van der Waals surface area contributed by atoms with Gasteiger partial charge in [-0.15, -0.1) is 0 Å². The molecule has 2 N–H and O–H groups in total. The van der Waals surface area contributed by atoms with Crippen LogP contribution in [0.5, 0.6) is 0 Å². The number of rotatable bonds is 4. The van der Waals surface area contributed by atoms with Crippen LogP contribution >= 0.6 is 0 Å².